The molecule has 23 heavy (non-hydrogen) atoms. The summed E-state index contributed by atoms with van der Waals surface area (Å²) in [4.78, 5) is 4.52. The van der Waals surface area contributed by atoms with Crippen LogP contribution in [0.25, 0.3) is 0 Å². The lowest BCUT2D eigenvalue weighted by atomic mass is 9.85. The van der Waals surface area contributed by atoms with Gasteiger partial charge < -0.3 is 5.11 Å². The van der Waals surface area contributed by atoms with Gasteiger partial charge in [0.2, 0.25) is 0 Å². The molecule has 2 nitrogen and oxygen atoms in total. The van der Waals surface area contributed by atoms with E-state index in [2.05, 4.69) is 4.98 Å². The molecule has 3 rings (SSSR count). The highest BCUT2D eigenvalue weighted by atomic mass is 32.1. The normalized spacial score (nSPS) is 14.4. The van der Waals surface area contributed by atoms with Crippen molar-refractivity contribution < 1.29 is 18.3 Å². The molecule has 0 radical (unpaired) electrons. The zero-order valence-electron chi connectivity index (χ0n) is 11.8. The molecule has 2 aromatic carbocycles. The van der Waals surface area contributed by atoms with Crippen molar-refractivity contribution in [3.8, 4) is 0 Å². The highest BCUT2D eigenvalue weighted by molar-refractivity contribution is 7.09. The minimum atomic E-state index is -4.41. The molecular weight excluding hydrogens is 323 g/mol. The first-order valence-electron chi connectivity index (χ1n) is 6.77. The molecule has 0 amide bonds. The minimum absolute atomic E-state index is 0.362. The zero-order valence-corrected chi connectivity index (χ0v) is 12.6. The largest absolute Gasteiger partial charge is 0.416 e. The van der Waals surface area contributed by atoms with Crippen molar-refractivity contribution in [1.29, 1.82) is 0 Å². The van der Waals surface area contributed by atoms with E-state index in [4.69, 9.17) is 0 Å². The Hall–Kier alpha value is -2.18. The fourth-order valence-corrected chi connectivity index (χ4v) is 3.19. The first-order valence-corrected chi connectivity index (χ1v) is 7.65. The molecule has 0 fully saturated rings. The second-order valence-corrected chi connectivity index (χ2v) is 5.90. The molecule has 0 aliphatic carbocycles. The van der Waals surface area contributed by atoms with E-state index < -0.39 is 17.3 Å². The van der Waals surface area contributed by atoms with Gasteiger partial charge in [-0.2, -0.15) is 13.2 Å². The Bertz CT molecular complexity index is 770. The van der Waals surface area contributed by atoms with Crippen molar-refractivity contribution in [3.63, 3.8) is 0 Å². The Labute approximate surface area is 134 Å². The zero-order chi connectivity index (χ0) is 16.5. The molecule has 0 bridgehead atoms. The van der Waals surface area contributed by atoms with Gasteiger partial charge in [-0.05, 0) is 23.3 Å². The molecule has 3 aromatic rings. The number of halogens is 3. The van der Waals surface area contributed by atoms with Crippen LogP contribution in [0.5, 0.6) is 0 Å². The summed E-state index contributed by atoms with van der Waals surface area (Å²) in [6.07, 6.45) is -2.89. The van der Waals surface area contributed by atoms with E-state index in [0.29, 0.717) is 16.0 Å². The molecule has 1 aromatic heterocycles. The van der Waals surface area contributed by atoms with E-state index >= 15 is 0 Å². The third-order valence-corrected chi connectivity index (χ3v) is 4.49. The fourth-order valence-electron chi connectivity index (χ4n) is 2.43. The van der Waals surface area contributed by atoms with Crippen LogP contribution in [0.15, 0.2) is 66.3 Å². The number of aromatic nitrogens is 1. The van der Waals surface area contributed by atoms with Crippen LogP contribution in [0.3, 0.4) is 0 Å². The lowest BCUT2D eigenvalue weighted by Crippen LogP contribution is -2.27. The molecular formula is C17H12F3NOS. The van der Waals surface area contributed by atoms with E-state index in [0.717, 1.165) is 12.1 Å². The summed E-state index contributed by atoms with van der Waals surface area (Å²) in [5.74, 6) is 0. The van der Waals surface area contributed by atoms with Crippen molar-refractivity contribution in [1.82, 2.24) is 4.98 Å². The number of aliphatic hydroxyl groups is 1. The van der Waals surface area contributed by atoms with Gasteiger partial charge >= 0.3 is 6.18 Å². The maximum absolute atomic E-state index is 12.7. The van der Waals surface area contributed by atoms with Crippen molar-refractivity contribution >= 4 is 11.3 Å². The third kappa shape index (κ3) is 2.87. The summed E-state index contributed by atoms with van der Waals surface area (Å²) < 4.78 is 38.2. The Morgan fingerprint density at radius 3 is 1.91 bits per heavy atom. The Morgan fingerprint density at radius 1 is 0.826 bits per heavy atom. The lowest BCUT2D eigenvalue weighted by Gasteiger charge is -2.28. The van der Waals surface area contributed by atoms with Crippen molar-refractivity contribution in [3.05, 3.63) is 87.9 Å². The summed E-state index contributed by atoms with van der Waals surface area (Å²) in [6.45, 7) is 0. The van der Waals surface area contributed by atoms with Gasteiger partial charge in [-0.3, -0.25) is 4.98 Å². The molecule has 0 aliphatic rings. The highest BCUT2D eigenvalue weighted by Crippen LogP contribution is 2.39. The van der Waals surface area contributed by atoms with Crippen LogP contribution in [0.2, 0.25) is 0 Å². The van der Waals surface area contributed by atoms with Crippen molar-refractivity contribution in [2.45, 2.75) is 11.8 Å². The van der Waals surface area contributed by atoms with Crippen LogP contribution < -0.4 is 0 Å². The van der Waals surface area contributed by atoms with E-state index in [9.17, 15) is 18.3 Å². The first kappa shape index (κ1) is 15.7. The Morgan fingerprint density at radius 2 is 1.39 bits per heavy atom. The van der Waals surface area contributed by atoms with Gasteiger partial charge in [0.15, 0.2) is 5.60 Å². The van der Waals surface area contributed by atoms with Gasteiger partial charge in [0, 0.05) is 6.20 Å². The molecule has 6 heteroatoms. The number of rotatable bonds is 3. The second kappa shape index (κ2) is 5.79. The fraction of sp³-hybridized carbons (Fsp3) is 0.118. The van der Waals surface area contributed by atoms with Crippen LogP contribution in [0.1, 0.15) is 21.6 Å². The number of alkyl halides is 3. The van der Waals surface area contributed by atoms with Crippen LogP contribution >= 0.6 is 11.3 Å². The molecule has 0 aliphatic heterocycles. The highest BCUT2D eigenvalue weighted by Gasteiger charge is 2.36. The number of benzene rings is 2. The van der Waals surface area contributed by atoms with Crippen LogP contribution in [-0.4, -0.2) is 10.1 Å². The molecule has 1 N–H and O–H groups in total. The van der Waals surface area contributed by atoms with E-state index in [-0.39, 0.29) is 0 Å². The van der Waals surface area contributed by atoms with Crippen LogP contribution in [0.4, 0.5) is 13.2 Å². The summed E-state index contributed by atoms with van der Waals surface area (Å²) in [5, 5.41) is 11.3. The van der Waals surface area contributed by atoms with Gasteiger partial charge in [-0.25, -0.2) is 0 Å². The van der Waals surface area contributed by atoms with Gasteiger partial charge in [0.05, 0.1) is 16.0 Å². The summed E-state index contributed by atoms with van der Waals surface area (Å²) >= 11 is 1.25. The Balaban J connectivity index is 2.14. The molecule has 1 heterocycles. The topological polar surface area (TPSA) is 33.1 Å². The van der Waals surface area contributed by atoms with Gasteiger partial charge in [-0.15, -0.1) is 11.3 Å². The Kier molecular flexibility index (Phi) is 3.95. The van der Waals surface area contributed by atoms with Crippen molar-refractivity contribution in [2.75, 3.05) is 0 Å². The van der Waals surface area contributed by atoms with Gasteiger partial charge in [0.25, 0.3) is 0 Å². The maximum Gasteiger partial charge on any atom is 0.416 e. The number of hydrogen-bond donors (Lipinski definition) is 1. The third-order valence-electron chi connectivity index (χ3n) is 3.61. The number of hydrogen-bond acceptors (Lipinski definition) is 3. The molecule has 0 saturated heterocycles. The van der Waals surface area contributed by atoms with E-state index in [1.54, 1.807) is 29.8 Å². The van der Waals surface area contributed by atoms with Crippen molar-refractivity contribution in [2.24, 2.45) is 0 Å². The van der Waals surface area contributed by atoms with Crippen LogP contribution in [-0.2, 0) is 11.8 Å². The van der Waals surface area contributed by atoms with Gasteiger partial charge in [0.1, 0.15) is 0 Å². The first-order chi connectivity index (χ1) is 10.9. The quantitative estimate of drug-likeness (QED) is 0.767. The second-order valence-electron chi connectivity index (χ2n) is 5.02. The predicted molar refractivity (Wildman–Crippen MR) is 82.1 cm³/mol. The molecule has 1 atom stereocenters. The summed E-state index contributed by atoms with van der Waals surface area (Å²) in [6, 6.07) is 13.4. The molecule has 1 unspecified atom stereocenters. The maximum atomic E-state index is 12.7. The average Bonchev–Trinajstić information content (AvgIpc) is 3.09. The smallest absolute Gasteiger partial charge is 0.375 e. The summed E-state index contributed by atoms with van der Waals surface area (Å²) in [5.41, 5.74) is 0.228. The lowest BCUT2D eigenvalue weighted by molar-refractivity contribution is -0.137. The van der Waals surface area contributed by atoms with Gasteiger partial charge in [-0.1, -0.05) is 42.5 Å². The average molecular weight is 335 g/mol. The number of thiazole rings is 1. The summed E-state index contributed by atoms with van der Waals surface area (Å²) in [7, 11) is 0. The van der Waals surface area contributed by atoms with Crippen LogP contribution in [0, 0.1) is 0 Å². The van der Waals surface area contributed by atoms with E-state index in [1.165, 1.54) is 29.7 Å². The molecule has 0 saturated carbocycles. The molecule has 118 valence electrons. The standard InChI is InChI=1S/C17H12F3NOS/c18-17(19,20)14-8-6-13(7-9-14)16(22,15-10-21-11-23-15)12-4-2-1-3-5-12/h1-11,22H. The SMILES string of the molecule is OC(c1ccccc1)(c1ccc(C(F)(F)F)cc1)c1cncs1. The monoisotopic (exact) mass is 335 g/mol. The predicted octanol–water partition coefficient (Wildman–Crippen LogP) is 4.45. The molecule has 0 spiro atoms. The number of nitrogens with zero attached hydrogens (tertiary/aromatic N) is 1. The van der Waals surface area contributed by atoms with E-state index in [1.807, 2.05) is 6.07 Å². The minimum Gasteiger partial charge on any atom is -0.375 e.